The van der Waals surface area contributed by atoms with Gasteiger partial charge in [-0.2, -0.15) is 0 Å². The highest BCUT2D eigenvalue weighted by atomic mass is 16.6. The van der Waals surface area contributed by atoms with Crippen LogP contribution in [0.15, 0.2) is 42.5 Å². The molecule has 0 spiro atoms. The molecular formula is C44H66O8. The maximum Gasteiger partial charge on any atom is 0.306 e. The molecule has 0 fully saturated rings. The summed E-state index contributed by atoms with van der Waals surface area (Å²) in [5.74, 6) is 0.974. The smallest absolute Gasteiger partial charge is 0.306 e. The highest BCUT2D eigenvalue weighted by molar-refractivity contribution is 6.11. The van der Waals surface area contributed by atoms with Crippen molar-refractivity contribution < 1.29 is 38.0 Å². The van der Waals surface area contributed by atoms with E-state index in [1.165, 1.54) is 0 Å². The second-order valence-electron chi connectivity index (χ2n) is 13.8. The fraction of sp³-hybridized carbons (Fsp3) is 0.636. The van der Waals surface area contributed by atoms with E-state index in [1.807, 2.05) is 24.3 Å². The van der Waals surface area contributed by atoms with Gasteiger partial charge in [0.15, 0.2) is 12.2 Å². The van der Waals surface area contributed by atoms with Crippen molar-refractivity contribution in [2.45, 2.75) is 143 Å². The van der Waals surface area contributed by atoms with Gasteiger partial charge in [0.2, 0.25) is 0 Å². The van der Waals surface area contributed by atoms with Crippen LogP contribution < -0.4 is 9.47 Å². The van der Waals surface area contributed by atoms with Gasteiger partial charge in [-0.05, 0) is 43.7 Å². The quantitative estimate of drug-likeness (QED) is 0.0397. The van der Waals surface area contributed by atoms with Gasteiger partial charge in [-0.25, -0.2) is 0 Å². The zero-order chi connectivity index (χ0) is 37.4. The van der Waals surface area contributed by atoms with Crippen molar-refractivity contribution in [1.29, 1.82) is 0 Å². The zero-order valence-corrected chi connectivity index (χ0v) is 32.8. The van der Waals surface area contributed by atoms with Crippen LogP contribution in [0, 0.1) is 0 Å². The van der Waals surface area contributed by atoms with E-state index in [4.69, 9.17) is 28.4 Å². The average molecular weight is 723 g/mol. The van der Waals surface area contributed by atoms with Crippen LogP contribution in [0.1, 0.15) is 130 Å². The monoisotopic (exact) mass is 722 g/mol. The summed E-state index contributed by atoms with van der Waals surface area (Å²) in [5.41, 5.74) is 1.16. The number of carbonyl (C=O) groups excluding carboxylic acids is 2. The van der Waals surface area contributed by atoms with Crippen LogP contribution in [0.2, 0.25) is 0 Å². The Kier molecular flexibility index (Phi) is 21.2. The number of esters is 2. The molecule has 0 amide bonds. The predicted molar refractivity (Wildman–Crippen MR) is 211 cm³/mol. The van der Waals surface area contributed by atoms with Crippen LogP contribution in [0.3, 0.4) is 0 Å². The van der Waals surface area contributed by atoms with Gasteiger partial charge in [-0.3, -0.25) is 9.59 Å². The molecule has 52 heavy (non-hydrogen) atoms. The van der Waals surface area contributed by atoms with Gasteiger partial charge < -0.3 is 28.4 Å². The highest BCUT2D eigenvalue weighted by Crippen LogP contribution is 2.43. The number of carbonyl (C=O) groups is 2. The van der Waals surface area contributed by atoms with Gasteiger partial charge in [0.25, 0.3) is 0 Å². The van der Waals surface area contributed by atoms with Crippen molar-refractivity contribution in [3.05, 3.63) is 48.0 Å². The fourth-order valence-corrected chi connectivity index (χ4v) is 6.13. The van der Waals surface area contributed by atoms with Crippen molar-refractivity contribution in [1.82, 2.24) is 0 Å². The number of hydrogen-bond acceptors (Lipinski definition) is 8. The Morgan fingerprint density at radius 2 is 0.962 bits per heavy atom. The van der Waals surface area contributed by atoms with Crippen molar-refractivity contribution in [2.75, 3.05) is 39.6 Å². The Morgan fingerprint density at radius 1 is 0.519 bits per heavy atom. The molecule has 2 atom stereocenters. The summed E-state index contributed by atoms with van der Waals surface area (Å²) < 4.78 is 37.1. The number of rotatable bonds is 29. The van der Waals surface area contributed by atoms with E-state index in [9.17, 15) is 9.59 Å². The largest absolute Gasteiger partial charge is 0.488 e. The fourth-order valence-electron chi connectivity index (χ4n) is 6.13. The van der Waals surface area contributed by atoms with E-state index < -0.39 is 12.2 Å². The number of benzene rings is 3. The molecule has 0 aliphatic rings. The molecule has 290 valence electrons. The lowest BCUT2D eigenvalue weighted by molar-refractivity contribution is -0.155. The van der Waals surface area contributed by atoms with Crippen molar-refractivity contribution in [3.63, 3.8) is 0 Å². The minimum atomic E-state index is -0.542. The third-order valence-corrected chi connectivity index (χ3v) is 9.18. The lowest BCUT2D eigenvalue weighted by Crippen LogP contribution is -2.30. The first-order valence-electron chi connectivity index (χ1n) is 20.2. The second-order valence-corrected chi connectivity index (χ2v) is 13.8. The molecule has 0 bridgehead atoms. The molecule has 0 saturated carbocycles. The van der Waals surface area contributed by atoms with Crippen molar-refractivity contribution >= 4 is 33.5 Å². The molecule has 8 nitrogen and oxygen atoms in total. The molecule has 3 aromatic carbocycles. The molecule has 8 heteroatoms. The minimum absolute atomic E-state index is 0.160. The molecule has 3 aromatic rings. The summed E-state index contributed by atoms with van der Waals surface area (Å²) >= 11 is 0. The minimum Gasteiger partial charge on any atom is -0.488 e. The maximum absolute atomic E-state index is 12.8. The van der Waals surface area contributed by atoms with E-state index >= 15 is 0 Å². The third-order valence-electron chi connectivity index (χ3n) is 9.18. The van der Waals surface area contributed by atoms with E-state index in [0.717, 1.165) is 111 Å². The molecule has 3 rings (SSSR count). The molecule has 0 heterocycles. The van der Waals surface area contributed by atoms with Crippen LogP contribution in [-0.2, 0) is 35.0 Å². The van der Waals surface area contributed by atoms with Crippen molar-refractivity contribution in [2.24, 2.45) is 0 Å². The zero-order valence-electron chi connectivity index (χ0n) is 32.8. The number of fused-ring (bicyclic) bond motifs is 2. The van der Waals surface area contributed by atoms with Gasteiger partial charge in [0.05, 0.1) is 13.2 Å². The second kappa shape index (κ2) is 25.6. The Balaban J connectivity index is 1.91. The lowest BCUT2D eigenvalue weighted by Gasteiger charge is -2.23. The van der Waals surface area contributed by atoms with Crippen LogP contribution >= 0.6 is 0 Å². The van der Waals surface area contributed by atoms with Gasteiger partial charge in [-0.15, -0.1) is 0 Å². The topological polar surface area (TPSA) is 89.5 Å². The summed E-state index contributed by atoms with van der Waals surface area (Å²) in [6.07, 6.45) is 12.6. The number of aryl methyl sites for hydroxylation is 1. The summed E-state index contributed by atoms with van der Waals surface area (Å²) in [6, 6.07) is 14.4. The number of ether oxygens (including phenoxy) is 6. The summed E-state index contributed by atoms with van der Waals surface area (Å²) in [6.45, 7) is 12.8. The first kappa shape index (κ1) is 43.0. The first-order chi connectivity index (χ1) is 25.4. The number of unbranched alkanes of at least 4 members (excludes halogenated alkanes) is 8. The van der Waals surface area contributed by atoms with E-state index in [-0.39, 0.29) is 38.4 Å². The molecule has 0 radical (unpaired) electrons. The van der Waals surface area contributed by atoms with Gasteiger partial charge in [0, 0.05) is 47.6 Å². The van der Waals surface area contributed by atoms with Crippen LogP contribution in [0.5, 0.6) is 11.5 Å². The summed E-state index contributed by atoms with van der Waals surface area (Å²) in [7, 11) is 0. The molecule has 0 aliphatic carbocycles. The molecule has 0 aliphatic heterocycles. The van der Waals surface area contributed by atoms with Crippen molar-refractivity contribution in [3.8, 4) is 11.5 Å². The molecule has 0 N–H and O–H groups in total. The third kappa shape index (κ3) is 14.9. The Hall–Kier alpha value is -3.36. The Labute approximate surface area is 313 Å². The Bertz CT molecular complexity index is 1450. The molecular weight excluding hydrogens is 656 g/mol. The van der Waals surface area contributed by atoms with E-state index in [2.05, 4.69) is 52.8 Å². The lowest BCUT2D eigenvalue weighted by atomic mass is 9.98. The highest BCUT2D eigenvalue weighted by Gasteiger charge is 2.22. The number of hydrogen-bond donors (Lipinski definition) is 0. The van der Waals surface area contributed by atoms with Crippen LogP contribution in [-0.4, -0.2) is 63.8 Å². The van der Waals surface area contributed by atoms with E-state index in [1.54, 1.807) is 0 Å². The van der Waals surface area contributed by atoms with E-state index in [0.29, 0.717) is 37.6 Å². The average Bonchev–Trinajstić information content (AvgIpc) is 3.15. The van der Waals surface area contributed by atoms with Crippen LogP contribution in [0.4, 0.5) is 0 Å². The normalized spacial score (nSPS) is 12.6. The first-order valence-corrected chi connectivity index (χ1v) is 20.2. The molecule has 0 aromatic heterocycles. The standard InChI is InChI=1S/C44H66O8/c1-6-11-15-23-41(45)51-35(30-47-27-19-13-8-3)32-49-43-37-21-17-18-22-38(37)44(40-29-34(10-5)25-26-39(40)43)50-33-36(31-48-28-20-14-9-4)52-42(46)24-16-12-7-2/h17-18,21-22,25-26,29,35-36H,6-16,19-20,23-24,27-28,30-33H2,1-5H3. The summed E-state index contributed by atoms with van der Waals surface area (Å²) in [4.78, 5) is 25.6. The molecule has 2 unspecified atom stereocenters. The molecule has 0 saturated heterocycles. The summed E-state index contributed by atoms with van der Waals surface area (Å²) in [5, 5.41) is 3.58. The predicted octanol–water partition coefficient (Wildman–Crippen LogP) is 10.7. The van der Waals surface area contributed by atoms with Gasteiger partial charge in [-0.1, -0.05) is 122 Å². The van der Waals surface area contributed by atoms with Gasteiger partial charge >= 0.3 is 11.9 Å². The van der Waals surface area contributed by atoms with Crippen LogP contribution in [0.25, 0.3) is 21.5 Å². The SMILES string of the molecule is CCCCCOCC(COc1c2ccccc2c(OCC(COCCCCC)OC(=O)CCCCC)c2cc(CC)ccc12)OC(=O)CCCCC. The maximum atomic E-state index is 12.8. The van der Waals surface area contributed by atoms with Gasteiger partial charge in [0.1, 0.15) is 24.7 Å². The Morgan fingerprint density at radius 3 is 1.42 bits per heavy atom.